The number of nitrogens with one attached hydrogen (secondary N) is 1. The number of unbranched alkanes of at least 4 members (excludes halogenated alkanes) is 37. The van der Waals surface area contributed by atoms with Gasteiger partial charge in [-0.15, -0.1) is 0 Å². The Morgan fingerprint density at radius 1 is 0.424 bits per heavy atom. The molecule has 10 heteroatoms. The average Bonchev–Trinajstić information content (AvgIpc) is 3.58. The molecule has 0 rings (SSSR count). The van der Waals surface area contributed by atoms with Gasteiger partial charge >= 0.3 is 5.97 Å². The number of quaternary nitrogens is 1. The molecule has 0 fully saturated rings. The number of nitrogens with zero attached hydrogens (tertiary/aromatic N) is 1. The van der Waals surface area contributed by atoms with Gasteiger partial charge in [0, 0.05) is 12.8 Å². The number of amides is 1. The molecule has 0 aliphatic carbocycles. The van der Waals surface area contributed by atoms with E-state index in [2.05, 4.69) is 99.0 Å². The number of rotatable bonds is 65. The van der Waals surface area contributed by atoms with E-state index in [1.165, 1.54) is 173 Å². The largest absolute Gasteiger partial charge is 0.756 e. The summed E-state index contributed by atoms with van der Waals surface area (Å²) in [6, 6.07) is -0.897. The van der Waals surface area contributed by atoms with E-state index < -0.39 is 26.6 Å². The maximum atomic E-state index is 13.6. The van der Waals surface area contributed by atoms with Gasteiger partial charge in [0.15, 0.2) is 0 Å². The van der Waals surface area contributed by atoms with Gasteiger partial charge < -0.3 is 28.5 Å². The van der Waals surface area contributed by atoms with E-state index in [-0.39, 0.29) is 24.9 Å². The first-order valence-corrected chi connectivity index (χ1v) is 37.4. The summed E-state index contributed by atoms with van der Waals surface area (Å²) in [5.41, 5.74) is 0. The second-order valence-electron chi connectivity index (χ2n) is 25.4. The van der Waals surface area contributed by atoms with E-state index >= 15 is 0 Å². The molecule has 0 saturated heterocycles. The Balaban J connectivity index is 5.05. The Hall–Kier alpha value is -2.81. The van der Waals surface area contributed by atoms with E-state index in [9.17, 15) is 19.0 Å². The summed E-state index contributed by atoms with van der Waals surface area (Å²) < 4.78 is 30.4. The molecule has 0 heterocycles. The van der Waals surface area contributed by atoms with Crippen LogP contribution in [0.15, 0.2) is 85.1 Å². The highest BCUT2D eigenvalue weighted by Crippen LogP contribution is 2.38. The molecule has 1 amide bonds. The third-order valence-electron chi connectivity index (χ3n) is 15.8. The van der Waals surface area contributed by atoms with Crippen LogP contribution in [0.3, 0.4) is 0 Å². The first-order valence-electron chi connectivity index (χ1n) is 35.9. The number of allylic oxidation sites excluding steroid dienone is 13. The number of esters is 1. The van der Waals surface area contributed by atoms with Gasteiger partial charge in [0.25, 0.3) is 7.82 Å². The summed E-state index contributed by atoms with van der Waals surface area (Å²) in [5.74, 6) is -0.549. The van der Waals surface area contributed by atoms with Gasteiger partial charge in [0.1, 0.15) is 19.3 Å². The van der Waals surface area contributed by atoms with Gasteiger partial charge in [0.2, 0.25) is 5.91 Å². The van der Waals surface area contributed by atoms with Gasteiger partial charge in [0.05, 0.1) is 33.8 Å². The molecule has 0 aromatic rings. The van der Waals surface area contributed by atoms with Crippen LogP contribution in [-0.4, -0.2) is 69.4 Å². The summed E-state index contributed by atoms with van der Waals surface area (Å²) in [5, 5.41) is 3.04. The quantitative estimate of drug-likeness (QED) is 0.0212. The van der Waals surface area contributed by atoms with Crippen LogP contribution >= 0.6 is 7.82 Å². The number of phosphoric acid groups is 1. The number of hydrogen-bond acceptors (Lipinski definition) is 7. The zero-order valence-corrected chi connectivity index (χ0v) is 57.4. The minimum atomic E-state index is -4.71. The number of phosphoric ester groups is 1. The van der Waals surface area contributed by atoms with Crippen molar-refractivity contribution in [3.63, 3.8) is 0 Å². The Morgan fingerprint density at radius 2 is 0.753 bits per heavy atom. The summed E-state index contributed by atoms with van der Waals surface area (Å²) in [6.07, 6.45) is 85.7. The number of carbonyl (C=O) groups excluding carboxylic acids is 2. The summed E-state index contributed by atoms with van der Waals surface area (Å²) in [4.78, 5) is 40.2. The first-order chi connectivity index (χ1) is 41.4. The van der Waals surface area contributed by atoms with Crippen molar-refractivity contribution < 1.29 is 37.3 Å². The number of ether oxygens (including phenoxy) is 1. The molecule has 0 radical (unpaired) electrons. The molecule has 0 aliphatic heterocycles. The molecule has 3 unspecified atom stereocenters. The normalized spacial score (nSPS) is 14.0. The lowest BCUT2D eigenvalue weighted by Gasteiger charge is -2.30. The van der Waals surface area contributed by atoms with Crippen molar-refractivity contribution in [2.45, 2.75) is 341 Å². The van der Waals surface area contributed by atoms with Crippen molar-refractivity contribution >= 4 is 19.7 Å². The Morgan fingerprint density at radius 3 is 1.13 bits per heavy atom. The van der Waals surface area contributed by atoms with Crippen molar-refractivity contribution in [3.8, 4) is 0 Å². The molecule has 494 valence electrons. The van der Waals surface area contributed by atoms with Gasteiger partial charge in [-0.05, 0) is 83.1 Å². The molecule has 0 aromatic carbocycles. The maximum Gasteiger partial charge on any atom is 0.306 e. The minimum Gasteiger partial charge on any atom is -0.756 e. The standard InChI is InChI=1S/C75H137N2O7P/c1-7-10-13-16-19-22-25-27-29-31-33-35-37-38-40-42-44-46-48-50-53-56-59-62-65-68-75(79)84-73(66-63-60-57-54-51-24-21-18-15-12-9-3)72(71-83-85(80,81)82-70-69-77(4,5)6)76-74(78)67-64-61-58-55-52-49-47-45-43-41-39-36-34-32-30-28-26-23-20-17-14-11-8-2/h10,13,19,22,27,29,33,35,38,40,44,46,63,66,72-73H,7-9,11-12,14-18,20-21,23-26,28,30-32,34,36-37,39,41-43,45,47-62,64-65,67-71H2,1-6H3,(H-,76,78,80,81)/b13-10-,22-19-,29-27-,35-33-,40-38-,46-44-,66-63+. The van der Waals surface area contributed by atoms with Crippen molar-refractivity contribution in [3.05, 3.63) is 85.1 Å². The summed E-state index contributed by atoms with van der Waals surface area (Å²) in [7, 11) is 1.18. The number of likely N-dealkylation sites (N-methyl/N-ethyl adjacent to an activating group) is 1. The molecule has 0 saturated carbocycles. The zero-order valence-electron chi connectivity index (χ0n) is 56.6. The molecule has 0 aliphatic rings. The molecule has 3 atom stereocenters. The van der Waals surface area contributed by atoms with Crippen LogP contribution in [0.4, 0.5) is 0 Å². The Labute approximate surface area is 526 Å². The highest BCUT2D eigenvalue weighted by atomic mass is 31.2. The van der Waals surface area contributed by atoms with Crippen LogP contribution in [0, 0.1) is 0 Å². The van der Waals surface area contributed by atoms with Crippen molar-refractivity contribution in [2.75, 3.05) is 40.9 Å². The topological polar surface area (TPSA) is 114 Å². The predicted molar refractivity (Wildman–Crippen MR) is 367 cm³/mol. The zero-order chi connectivity index (χ0) is 62.1. The first kappa shape index (κ1) is 82.2. The van der Waals surface area contributed by atoms with Crippen LogP contribution in [0.25, 0.3) is 0 Å². The Bertz CT molecular complexity index is 1730. The molecule has 0 bridgehead atoms. The van der Waals surface area contributed by atoms with Crippen LogP contribution in [-0.2, 0) is 27.9 Å². The second kappa shape index (κ2) is 64.2. The highest BCUT2D eigenvalue weighted by Gasteiger charge is 2.27. The van der Waals surface area contributed by atoms with Gasteiger partial charge in [-0.2, -0.15) is 0 Å². The fraction of sp³-hybridized carbons (Fsp3) is 0.787. The third-order valence-corrected chi connectivity index (χ3v) is 16.8. The van der Waals surface area contributed by atoms with Crippen LogP contribution in [0.5, 0.6) is 0 Å². The van der Waals surface area contributed by atoms with Crippen LogP contribution in [0.2, 0.25) is 0 Å². The average molecular weight is 1210 g/mol. The van der Waals surface area contributed by atoms with E-state index in [1.807, 2.05) is 33.3 Å². The van der Waals surface area contributed by atoms with Gasteiger partial charge in [-0.3, -0.25) is 14.2 Å². The monoisotopic (exact) mass is 1210 g/mol. The maximum absolute atomic E-state index is 13.6. The predicted octanol–water partition coefficient (Wildman–Crippen LogP) is 22.3. The fourth-order valence-electron chi connectivity index (χ4n) is 10.4. The summed E-state index contributed by atoms with van der Waals surface area (Å²) >= 11 is 0. The molecular weight excluding hydrogens is 1070 g/mol. The molecular formula is C75H137N2O7P. The smallest absolute Gasteiger partial charge is 0.306 e. The lowest BCUT2D eigenvalue weighted by atomic mass is 10.0. The summed E-state index contributed by atoms with van der Waals surface area (Å²) in [6.45, 7) is 6.75. The SMILES string of the molecule is CC/C=C\C/C=C\C/C=C\C/C=C\C/C=C\C/C=C\CCCCCCCCC(=O)OC(/C=C/CCCCCCCCCCC)C(COP(=O)([O-])OCC[N+](C)(C)C)NC(=O)CCCCCCCCCCCCCCCCCCCCCCCCC. The van der Waals surface area contributed by atoms with Gasteiger partial charge in [-0.25, -0.2) is 0 Å². The lowest BCUT2D eigenvalue weighted by molar-refractivity contribution is -0.870. The molecule has 85 heavy (non-hydrogen) atoms. The molecule has 0 aromatic heterocycles. The van der Waals surface area contributed by atoms with Crippen molar-refractivity contribution in [1.82, 2.24) is 5.32 Å². The third kappa shape index (κ3) is 65.5. The number of carbonyl (C=O) groups is 2. The highest BCUT2D eigenvalue weighted by molar-refractivity contribution is 7.45. The fourth-order valence-corrected chi connectivity index (χ4v) is 11.1. The van der Waals surface area contributed by atoms with E-state index in [1.54, 1.807) is 0 Å². The van der Waals surface area contributed by atoms with Crippen molar-refractivity contribution in [1.29, 1.82) is 0 Å². The minimum absolute atomic E-state index is 0.0264. The lowest BCUT2D eigenvalue weighted by Crippen LogP contribution is -2.47. The van der Waals surface area contributed by atoms with Crippen molar-refractivity contribution in [2.24, 2.45) is 0 Å². The molecule has 9 nitrogen and oxygen atoms in total. The molecule has 0 spiro atoms. The van der Waals surface area contributed by atoms with Crippen LogP contribution in [0.1, 0.15) is 329 Å². The van der Waals surface area contributed by atoms with Gasteiger partial charge in [-0.1, -0.05) is 318 Å². The second-order valence-corrected chi connectivity index (χ2v) is 26.8. The van der Waals surface area contributed by atoms with E-state index in [4.69, 9.17) is 13.8 Å². The van der Waals surface area contributed by atoms with E-state index in [0.717, 1.165) is 116 Å². The number of hydrogen-bond donors (Lipinski definition) is 1. The van der Waals surface area contributed by atoms with E-state index in [0.29, 0.717) is 23.9 Å². The Kier molecular flexibility index (Phi) is 62.1. The van der Waals surface area contributed by atoms with Crippen LogP contribution < -0.4 is 10.2 Å². The molecule has 1 N–H and O–H groups in total.